The fraction of sp³-hybridized carbons (Fsp3) is 0.111. The van der Waals surface area contributed by atoms with E-state index in [4.69, 9.17) is 5.26 Å². The molecular weight excluding hydrogens is 318 g/mol. The van der Waals surface area contributed by atoms with E-state index in [0.717, 1.165) is 0 Å². The van der Waals surface area contributed by atoms with E-state index in [-0.39, 0.29) is 11.5 Å². The molecule has 0 spiro atoms. The number of pyridine rings is 1. The molecule has 0 aliphatic heterocycles. The van der Waals surface area contributed by atoms with Gasteiger partial charge >= 0.3 is 0 Å². The van der Waals surface area contributed by atoms with Gasteiger partial charge in [0.2, 0.25) is 0 Å². The van der Waals surface area contributed by atoms with Crippen LogP contribution in [0, 0.1) is 18.3 Å². The zero-order valence-electron chi connectivity index (χ0n) is 13.7. The number of carbonyl (C=O) groups is 1. The van der Waals surface area contributed by atoms with Gasteiger partial charge in [0, 0.05) is 19.4 Å². The SMILES string of the molecule is CNC(=O)c1cnc(-n2[nH]cc(-c3ccc(C#N)cc3)c2=O)cc1C. The number of aromatic nitrogens is 3. The van der Waals surface area contributed by atoms with Crippen LogP contribution in [0.5, 0.6) is 0 Å². The lowest BCUT2D eigenvalue weighted by atomic mass is 10.1. The second kappa shape index (κ2) is 6.45. The number of amides is 1. The van der Waals surface area contributed by atoms with Crippen molar-refractivity contribution in [3.8, 4) is 23.0 Å². The van der Waals surface area contributed by atoms with Gasteiger partial charge in [0.05, 0.1) is 22.8 Å². The molecular formula is C18H15N5O2. The second-order valence-corrected chi connectivity index (χ2v) is 5.45. The molecule has 0 bridgehead atoms. The Morgan fingerprint density at radius 2 is 2.04 bits per heavy atom. The smallest absolute Gasteiger partial charge is 0.280 e. The molecule has 2 N–H and O–H groups in total. The minimum atomic E-state index is -0.260. The molecule has 25 heavy (non-hydrogen) atoms. The minimum absolute atomic E-state index is 0.228. The average molecular weight is 333 g/mol. The van der Waals surface area contributed by atoms with Gasteiger partial charge < -0.3 is 5.32 Å². The largest absolute Gasteiger partial charge is 0.355 e. The standard InChI is InChI=1S/C18H15N5O2/c1-11-7-16(21-9-14(11)17(24)20-2)23-18(25)15(10-22-23)13-5-3-12(8-19)4-6-13/h3-7,9-10,22H,1-2H3,(H,20,24). The molecule has 0 radical (unpaired) electrons. The zero-order chi connectivity index (χ0) is 18.0. The number of H-pyrrole nitrogens is 1. The first-order valence-corrected chi connectivity index (χ1v) is 7.55. The molecule has 0 unspecified atom stereocenters. The van der Waals surface area contributed by atoms with Gasteiger partial charge in [-0.1, -0.05) is 12.1 Å². The lowest BCUT2D eigenvalue weighted by Crippen LogP contribution is -2.21. The molecule has 2 heterocycles. The first-order chi connectivity index (χ1) is 12.0. The number of nitrogens with zero attached hydrogens (tertiary/aromatic N) is 3. The van der Waals surface area contributed by atoms with Crippen LogP contribution in [0.4, 0.5) is 0 Å². The Balaban J connectivity index is 2.01. The molecule has 0 fully saturated rings. The van der Waals surface area contributed by atoms with Crippen molar-refractivity contribution in [1.82, 2.24) is 20.1 Å². The summed E-state index contributed by atoms with van der Waals surface area (Å²) in [6.45, 7) is 1.78. The number of hydrogen-bond acceptors (Lipinski definition) is 4. The van der Waals surface area contributed by atoms with Crippen molar-refractivity contribution in [1.29, 1.82) is 5.26 Å². The molecule has 3 aromatic rings. The summed E-state index contributed by atoms with van der Waals surface area (Å²) in [6.07, 6.45) is 3.03. The van der Waals surface area contributed by atoms with E-state index in [1.807, 2.05) is 6.07 Å². The van der Waals surface area contributed by atoms with E-state index >= 15 is 0 Å². The van der Waals surface area contributed by atoms with Gasteiger partial charge in [-0.05, 0) is 36.2 Å². The molecule has 7 nitrogen and oxygen atoms in total. The van der Waals surface area contributed by atoms with E-state index in [0.29, 0.717) is 33.6 Å². The van der Waals surface area contributed by atoms with Crippen LogP contribution in [0.25, 0.3) is 16.9 Å². The van der Waals surface area contributed by atoms with Gasteiger partial charge in [0.25, 0.3) is 11.5 Å². The van der Waals surface area contributed by atoms with Crippen molar-refractivity contribution in [2.45, 2.75) is 6.92 Å². The predicted octanol–water partition coefficient (Wildman–Crippen LogP) is 1.77. The molecule has 0 saturated carbocycles. The number of aromatic amines is 1. The maximum Gasteiger partial charge on any atom is 0.280 e. The topological polar surface area (TPSA) is 104 Å². The summed E-state index contributed by atoms with van der Waals surface area (Å²) in [5.74, 6) is 0.170. The Morgan fingerprint density at radius 1 is 1.32 bits per heavy atom. The molecule has 7 heteroatoms. The fourth-order valence-electron chi connectivity index (χ4n) is 2.51. The van der Waals surface area contributed by atoms with E-state index in [1.54, 1.807) is 50.5 Å². The van der Waals surface area contributed by atoms with Gasteiger partial charge in [0.1, 0.15) is 0 Å². The Labute approximate surface area is 143 Å². The summed E-state index contributed by atoms with van der Waals surface area (Å²) in [5, 5.41) is 14.3. The van der Waals surface area contributed by atoms with Crippen LogP contribution in [0.3, 0.4) is 0 Å². The first-order valence-electron chi connectivity index (χ1n) is 7.55. The van der Waals surface area contributed by atoms with Gasteiger partial charge in [-0.2, -0.15) is 5.26 Å². The van der Waals surface area contributed by atoms with Crippen LogP contribution < -0.4 is 10.9 Å². The van der Waals surface area contributed by atoms with Crippen LogP contribution in [-0.2, 0) is 0 Å². The van der Waals surface area contributed by atoms with Gasteiger partial charge in [-0.3, -0.25) is 14.7 Å². The first kappa shape index (κ1) is 16.2. The third-order valence-electron chi connectivity index (χ3n) is 3.89. The molecule has 124 valence electrons. The summed E-state index contributed by atoms with van der Waals surface area (Å²) >= 11 is 0. The van der Waals surface area contributed by atoms with E-state index in [1.165, 1.54) is 10.9 Å². The lowest BCUT2D eigenvalue weighted by Gasteiger charge is -2.06. The van der Waals surface area contributed by atoms with Gasteiger partial charge in [0.15, 0.2) is 5.82 Å². The highest BCUT2D eigenvalue weighted by molar-refractivity contribution is 5.95. The Morgan fingerprint density at radius 3 is 2.64 bits per heavy atom. The number of rotatable bonds is 3. The summed E-state index contributed by atoms with van der Waals surface area (Å²) in [4.78, 5) is 28.6. The Hall–Kier alpha value is -3.66. The Bertz CT molecular complexity index is 1040. The number of aryl methyl sites for hydroxylation is 1. The molecule has 0 saturated heterocycles. The van der Waals surface area contributed by atoms with E-state index < -0.39 is 0 Å². The highest BCUT2D eigenvalue weighted by Crippen LogP contribution is 2.17. The van der Waals surface area contributed by atoms with Crippen molar-refractivity contribution in [3.63, 3.8) is 0 Å². The van der Waals surface area contributed by atoms with Crippen molar-refractivity contribution in [3.05, 3.63) is 69.8 Å². The third-order valence-corrected chi connectivity index (χ3v) is 3.89. The highest BCUT2D eigenvalue weighted by atomic mass is 16.1. The second-order valence-electron chi connectivity index (χ2n) is 5.45. The van der Waals surface area contributed by atoms with Crippen molar-refractivity contribution < 1.29 is 4.79 Å². The molecule has 0 aliphatic rings. The van der Waals surface area contributed by atoms with E-state index in [9.17, 15) is 9.59 Å². The Kier molecular flexibility index (Phi) is 4.18. The van der Waals surface area contributed by atoms with Crippen LogP contribution in [-0.4, -0.2) is 27.7 Å². The van der Waals surface area contributed by atoms with Gasteiger partial charge in [-0.25, -0.2) is 9.67 Å². The van der Waals surface area contributed by atoms with Crippen LogP contribution in [0.1, 0.15) is 21.5 Å². The normalized spacial score (nSPS) is 10.3. The highest BCUT2D eigenvalue weighted by Gasteiger charge is 2.13. The number of nitriles is 1. The maximum atomic E-state index is 12.7. The quantitative estimate of drug-likeness (QED) is 0.762. The molecule has 1 aromatic carbocycles. The number of benzene rings is 1. The van der Waals surface area contributed by atoms with Crippen molar-refractivity contribution in [2.24, 2.45) is 0 Å². The van der Waals surface area contributed by atoms with Crippen molar-refractivity contribution in [2.75, 3.05) is 7.05 Å². The summed E-state index contributed by atoms with van der Waals surface area (Å²) in [6, 6.07) is 10.5. The fourth-order valence-corrected chi connectivity index (χ4v) is 2.51. The monoisotopic (exact) mass is 333 g/mol. The molecule has 1 amide bonds. The third kappa shape index (κ3) is 2.93. The molecule has 0 aliphatic carbocycles. The summed E-state index contributed by atoms with van der Waals surface area (Å²) in [7, 11) is 1.55. The van der Waals surface area contributed by atoms with E-state index in [2.05, 4.69) is 15.4 Å². The number of nitrogens with one attached hydrogen (secondary N) is 2. The zero-order valence-corrected chi connectivity index (χ0v) is 13.7. The lowest BCUT2D eigenvalue weighted by molar-refractivity contribution is 0.0962. The molecule has 2 aromatic heterocycles. The maximum absolute atomic E-state index is 12.7. The van der Waals surface area contributed by atoms with Gasteiger partial charge in [-0.15, -0.1) is 0 Å². The average Bonchev–Trinajstić information content (AvgIpc) is 3.02. The number of hydrogen-bond donors (Lipinski definition) is 2. The minimum Gasteiger partial charge on any atom is -0.355 e. The summed E-state index contributed by atoms with van der Waals surface area (Å²) < 4.78 is 1.31. The molecule has 3 rings (SSSR count). The van der Waals surface area contributed by atoms with Crippen LogP contribution in [0.2, 0.25) is 0 Å². The predicted molar refractivity (Wildman–Crippen MR) is 92.5 cm³/mol. The van der Waals surface area contributed by atoms with Crippen molar-refractivity contribution >= 4 is 5.91 Å². The molecule has 0 atom stereocenters. The number of carbonyl (C=O) groups excluding carboxylic acids is 1. The van der Waals surface area contributed by atoms with Crippen LogP contribution in [0.15, 0.2) is 47.5 Å². The summed E-state index contributed by atoms with van der Waals surface area (Å²) in [5.41, 5.74) is 2.62. The van der Waals surface area contributed by atoms with Crippen LogP contribution >= 0.6 is 0 Å².